The van der Waals surface area contributed by atoms with E-state index in [1.165, 1.54) is 11.8 Å². The van der Waals surface area contributed by atoms with E-state index >= 15 is 0 Å². The summed E-state index contributed by atoms with van der Waals surface area (Å²) < 4.78 is 5.26. The van der Waals surface area contributed by atoms with E-state index in [4.69, 9.17) is 27.9 Å². The molecule has 2 saturated heterocycles. The zero-order chi connectivity index (χ0) is 24.1. The molecule has 0 bridgehead atoms. The Kier molecular flexibility index (Phi) is 7.86. The summed E-state index contributed by atoms with van der Waals surface area (Å²) in [7, 11) is 1.67. The van der Waals surface area contributed by atoms with E-state index in [-0.39, 0.29) is 23.9 Å². The van der Waals surface area contributed by atoms with Crippen molar-refractivity contribution in [1.82, 2.24) is 16.0 Å². The number of carbonyl (C=O) groups is 2. The summed E-state index contributed by atoms with van der Waals surface area (Å²) in [6.45, 7) is 3.39. The molecule has 4 rings (SSSR count). The average Bonchev–Trinajstić information content (AvgIpc) is 3.34. The molecule has 0 saturated carbocycles. The molecule has 7 nitrogen and oxygen atoms in total. The first-order valence-electron chi connectivity index (χ1n) is 11.5. The first-order valence-corrected chi connectivity index (χ1v) is 12.3. The molecule has 2 fully saturated rings. The van der Waals surface area contributed by atoms with Crippen molar-refractivity contribution in [3.8, 4) is 5.75 Å². The SMILES string of the molecule is COc1ccc(N2CCC([C@]3(NC(=O)CNC(=O)c4ccc(Cl)c(Cl)c4)CCNC3)CC2)cc1. The minimum atomic E-state index is -0.361. The van der Waals surface area contributed by atoms with Crippen LogP contribution in [0.2, 0.25) is 10.0 Å². The maximum atomic E-state index is 12.8. The number of ether oxygens (including phenoxy) is 1. The number of methoxy groups -OCH3 is 1. The normalized spacial score (nSPS) is 20.7. The van der Waals surface area contributed by atoms with Crippen molar-refractivity contribution >= 4 is 40.7 Å². The summed E-state index contributed by atoms with van der Waals surface area (Å²) in [6.07, 6.45) is 2.86. The molecule has 2 heterocycles. The van der Waals surface area contributed by atoms with Crippen molar-refractivity contribution in [2.75, 3.05) is 44.7 Å². The molecule has 2 aliphatic heterocycles. The molecule has 9 heteroatoms. The fourth-order valence-electron chi connectivity index (χ4n) is 4.97. The van der Waals surface area contributed by atoms with Gasteiger partial charge < -0.3 is 25.6 Å². The van der Waals surface area contributed by atoms with Crippen LogP contribution in [-0.4, -0.2) is 57.2 Å². The molecule has 2 amide bonds. The van der Waals surface area contributed by atoms with Crippen LogP contribution in [0.3, 0.4) is 0 Å². The molecule has 0 aromatic heterocycles. The number of carbonyl (C=O) groups excluding carboxylic acids is 2. The molecule has 2 aromatic rings. The summed E-state index contributed by atoms with van der Waals surface area (Å²) in [5.74, 6) is 0.671. The van der Waals surface area contributed by atoms with Crippen molar-refractivity contribution < 1.29 is 14.3 Å². The minimum Gasteiger partial charge on any atom is -0.497 e. The molecule has 1 atom stereocenters. The van der Waals surface area contributed by atoms with Gasteiger partial charge in [0.25, 0.3) is 5.91 Å². The maximum absolute atomic E-state index is 12.8. The van der Waals surface area contributed by atoms with Crippen LogP contribution in [0.5, 0.6) is 5.75 Å². The van der Waals surface area contributed by atoms with Crippen LogP contribution in [0.25, 0.3) is 0 Å². The molecule has 3 N–H and O–H groups in total. The van der Waals surface area contributed by atoms with Crippen molar-refractivity contribution in [2.24, 2.45) is 5.92 Å². The van der Waals surface area contributed by atoms with Crippen LogP contribution in [-0.2, 0) is 4.79 Å². The van der Waals surface area contributed by atoms with Crippen LogP contribution in [0.4, 0.5) is 5.69 Å². The predicted molar refractivity (Wildman–Crippen MR) is 135 cm³/mol. The Morgan fingerprint density at radius 3 is 2.47 bits per heavy atom. The topological polar surface area (TPSA) is 82.7 Å². The fraction of sp³-hybridized carbons (Fsp3) is 0.440. The molecule has 2 aliphatic rings. The second kappa shape index (κ2) is 10.8. The van der Waals surface area contributed by atoms with Gasteiger partial charge in [-0.1, -0.05) is 23.2 Å². The third kappa shape index (κ3) is 5.59. The Morgan fingerprint density at radius 1 is 1.12 bits per heavy atom. The van der Waals surface area contributed by atoms with Gasteiger partial charge in [-0.2, -0.15) is 0 Å². The summed E-state index contributed by atoms with van der Waals surface area (Å²) in [5, 5.41) is 10.0. The standard InChI is InChI=1S/C25H30Cl2N4O3/c1-34-20-5-3-19(4-6-20)31-12-8-18(9-13-31)25(10-11-28-16-25)30-23(32)15-29-24(33)17-2-7-21(26)22(27)14-17/h2-7,14,18,28H,8-13,15-16H2,1H3,(H,29,33)(H,30,32)/t25-/m0/s1. The quantitative estimate of drug-likeness (QED) is 0.537. The Labute approximate surface area is 210 Å². The lowest BCUT2D eigenvalue weighted by Crippen LogP contribution is -2.59. The van der Waals surface area contributed by atoms with Gasteiger partial charge in [0.2, 0.25) is 5.91 Å². The van der Waals surface area contributed by atoms with E-state index in [9.17, 15) is 9.59 Å². The Hall–Kier alpha value is -2.48. The fourth-order valence-corrected chi connectivity index (χ4v) is 5.27. The average molecular weight is 505 g/mol. The predicted octanol–water partition coefficient (Wildman–Crippen LogP) is 3.50. The monoisotopic (exact) mass is 504 g/mol. The van der Waals surface area contributed by atoms with E-state index in [0.29, 0.717) is 21.5 Å². The number of rotatable bonds is 7. The second-order valence-corrected chi connectivity index (χ2v) is 9.72. The van der Waals surface area contributed by atoms with Crippen LogP contribution < -0.4 is 25.6 Å². The molecule has 0 unspecified atom stereocenters. The zero-order valence-electron chi connectivity index (χ0n) is 19.2. The maximum Gasteiger partial charge on any atom is 0.251 e. The van der Waals surface area contributed by atoms with Crippen LogP contribution in [0.1, 0.15) is 29.6 Å². The van der Waals surface area contributed by atoms with Gasteiger partial charge in [0.05, 0.1) is 29.2 Å². The third-order valence-electron chi connectivity index (χ3n) is 6.88. The summed E-state index contributed by atoms with van der Waals surface area (Å²) in [5.41, 5.74) is 1.26. The third-order valence-corrected chi connectivity index (χ3v) is 7.62. The molecular weight excluding hydrogens is 475 g/mol. The number of hydrogen-bond acceptors (Lipinski definition) is 5. The van der Waals surface area contributed by atoms with Gasteiger partial charge in [-0.3, -0.25) is 9.59 Å². The number of nitrogens with zero attached hydrogens (tertiary/aromatic N) is 1. The summed E-state index contributed by atoms with van der Waals surface area (Å²) >= 11 is 11.9. The molecule has 34 heavy (non-hydrogen) atoms. The van der Waals surface area contributed by atoms with E-state index in [1.807, 2.05) is 12.1 Å². The first-order chi connectivity index (χ1) is 16.4. The second-order valence-electron chi connectivity index (χ2n) is 8.90. The lowest BCUT2D eigenvalue weighted by Gasteiger charge is -2.43. The lowest BCUT2D eigenvalue weighted by atomic mass is 9.76. The van der Waals surface area contributed by atoms with E-state index < -0.39 is 0 Å². The Morgan fingerprint density at radius 2 is 1.85 bits per heavy atom. The van der Waals surface area contributed by atoms with Gasteiger partial charge >= 0.3 is 0 Å². The van der Waals surface area contributed by atoms with E-state index in [2.05, 4.69) is 33.0 Å². The highest BCUT2D eigenvalue weighted by atomic mass is 35.5. The van der Waals surface area contributed by atoms with Gasteiger partial charge in [0.15, 0.2) is 0 Å². The molecule has 182 valence electrons. The number of nitrogens with one attached hydrogen (secondary N) is 3. The molecule has 0 spiro atoms. The van der Waals surface area contributed by atoms with Gasteiger partial charge in [0.1, 0.15) is 5.75 Å². The Bertz CT molecular complexity index is 1020. The highest BCUT2D eigenvalue weighted by molar-refractivity contribution is 6.42. The largest absolute Gasteiger partial charge is 0.497 e. The number of piperidine rings is 1. The molecular formula is C25H30Cl2N4O3. The van der Waals surface area contributed by atoms with Crippen LogP contribution >= 0.6 is 23.2 Å². The molecule has 0 radical (unpaired) electrons. The van der Waals surface area contributed by atoms with Crippen molar-refractivity contribution in [3.05, 3.63) is 58.1 Å². The number of benzene rings is 2. The number of amides is 2. The van der Waals surface area contributed by atoms with Gasteiger partial charge in [-0.25, -0.2) is 0 Å². The van der Waals surface area contributed by atoms with Crippen molar-refractivity contribution in [3.63, 3.8) is 0 Å². The van der Waals surface area contributed by atoms with Crippen LogP contribution in [0.15, 0.2) is 42.5 Å². The highest BCUT2D eigenvalue weighted by Crippen LogP contribution is 2.35. The van der Waals surface area contributed by atoms with Gasteiger partial charge in [-0.05, 0) is 74.2 Å². The summed E-state index contributed by atoms with van der Waals surface area (Å²) in [6, 6.07) is 12.8. The first kappa shape index (κ1) is 24.6. The van der Waals surface area contributed by atoms with Gasteiger partial charge in [0, 0.05) is 30.9 Å². The lowest BCUT2D eigenvalue weighted by molar-refractivity contribution is -0.122. The minimum absolute atomic E-state index is 0.0917. The van der Waals surface area contributed by atoms with E-state index in [1.54, 1.807) is 19.2 Å². The molecule has 2 aromatic carbocycles. The Balaban J connectivity index is 1.32. The zero-order valence-corrected chi connectivity index (χ0v) is 20.7. The summed E-state index contributed by atoms with van der Waals surface area (Å²) in [4.78, 5) is 27.6. The smallest absolute Gasteiger partial charge is 0.251 e. The number of halogens is 2. The highest BCUT2D eigenvalue weighted by Gasteiger charge is 2.43. The number of anilines is 1. The number of hydrogen-bond donors (Lipinski definition) is 3. The van der Waals surface area contributed by atoms with Crippen molar-refractivity contribution in [1.29, 1.82) is 0 Å². The van der Waals surface area contributed by atoms with E-state index in [0.717, 1.165) is 51.2 Å². The van der Waals surface area contributed by atoms with Crippen molar-refractivity contribution in [2.45, 2.75) is 24.8 Å². The van der Waals surface area contributed by atoms with Crippen LogP contribution in [0, 0.1) is 5.92 Å². The molecule has 0 aliphatic carbocycles. The van der Waals surface area contributed by atoms with Gasteiger partial charge in [-0.15, -0.1) is 0 Å².